The minimum atomic E-state index is 0.662. The van der Waals surface area contributed by atoms with Crippen LogP contribution in [-0.2, 0) is 12.3 Å². The van der Waals surface area contributed by atoms with Gasteiger partial charge in [0, 0.05) is 6.04 Å². The maximum absolute atomic E-state index is 5.79. The normalized spacial score (nSPS) is 28.5. The zero-order valence-corrected chi connectivity index (χ0v) is 12.6. The van der Waals surface area contributed by atoms with Gasteiger partial charge in [0.25, 0.3) is 0 Å². The van der Waals surface area contributed by atoms with Gasteiger partial charge >= 0.3 is 0 Å². The van der Waals surface area contributed by atoms with Gasteiger partial charge in [-0.2, -0.15) is 11.8 Å². The highest BCUT2D eigenvalue weighted by Gasteiger charge is 2.24. The van der Waals surface area contributed by atoms with Crippen LogP contribution in [0.4, 0.5) is 0 Å². The lowest BCUT2D eigenvalue weighted by Crippen LogP contribution is -2.38. The zero-order chi connectivity index (χ0) is 13.0. The standard InChI is InChI=1S/C15H25NOS/c1-11-4-7-15(12(2)8-11)16-9-13-5-6-14(17-13)10-18-3/h5-6,11-12,15-16H,4,7-10H2,1-3H3. The van der Waals surface area contributed by atoms with Gasteiger partial charge in [-0.25, -0.2) is 0 Å². The van der Waals surface area contributed by atoms with Gasteiger partial charge in [-0.05, 0) is 49.5 Å². The quantitative estimate of drug-likeness (QED) is 0.871. The van der Waals surface area contributed by atoms with Crippen molar-refractivity contribution in [3.05, 3.63) is 23.7 Å². The molecule has 0 aliphatic heterocycles. The van der Waals surface area contributed by atoms with E-state index >= 15 is 0 Å². The van der Waals surface area contributed by atoms with Crippen LogP contribution in [0.15, 0.2) is 16.5 Å². The van der Waals surface area contributed by atoms with E-state index < -0.39 is 0 Å². The van der Waals surface area contributed by atoms with Gasteiger partial charge in [-0.1, -0.05) is 13.8 Å². The fraction of sp³-hybridized carbons (Fsp3) is 0.733. The number of hydrogen-bond acceptors (Lipinski definition) is 3. The molecule has 1 aliphatic carbocycles. The average Bonchev–Trinajstić information content (AvgIpc) is 2.76. The molecular formula is C15H25NOS. The van der Waals surface area contributed by atoms with Gasteiger partial charge in [-0.3, -0.25) is 0 Å². The van der Waals surface area contributed by atoms with E-state index in [4.69, 9.17) is 4.42 Å². The van der Waals surface area contributed by atoms with Crippen LogP contribution < -0.4 is 5.32 Å². The lowest BCUT2D eigenvalue weighted by atomic mass is 9.80. The highest BCUT2D eigenvalue weighted by atomic mass is 32.2. The Kier molecular flexibility index (Phi) is 5.19. The van der Waals surface area contributed by atoms with Crippen molar-refractivity contribution >= 4 is 11.8 Å². The largest absolute Gasteiger partial charge is 0.464 e. The Balaban J connectivity index is 1.79. The summed E-state index contributed by atoms with van der Waals surface area (Å²) in [5.74, 6) is 4.82. The molecule has 2 nitrogen and oxygen atoms in total. The van der Waals surface area contributed by atoms with Gasteiger partial charge in [0.1, 0.15) is 11.5 Å². The van der Waals surface area contributed by atoms with E-state index in [0.29, 0.717) is 6.04 Å². The number of thioether (sulfide) groups is 1. The molecule has 0 saturated heterocycles. The molecule has 1 saturated carbocycles. The molecule has 3 atom stereocenters. The molecule has 0 bridgehead atoms. The van der Waals surface area contributed by atoms with Crippen LogP contribution in [0.5, 0.6) is 0 Å². The maximum atomic E-state index is 5.79. The van der Waals surface area contributed by atoms with Crippen molar-refractivity contribution in [2.24, 2.45) is 11.8 Å². The predicted octanol–water partition coefficient (Wildman–Crippen LogP) is 4.06. The molecule has 0 radical (unpaired) electrons. The van der Waals surface area contributed by atoms with Gasteiger partial charge < -0.3 is 9.73 Å². The lowest BCUT2D eigenvalue weighted by molar-refractivity contribution is 0.223. The summed E-state index contributed by atoms with van der Waals surface area (Å²) >= 11 is 1.80. The summed E-state index contributed by atoms with van der Waals surface area (Å²) in [4.78, 5) is 0. The summed E-state index contributed by atoms with van der Waals surface area (Å²) in [5, 5.41) is 3.66. The minimum absolute atomic E-state index is 0.662. The van der Waals surface area contributed by atoms with Crippen molar-refractivity contribution in [3.63, 3.8) is 0 Å². The highest BCUT2D eigenvalue weighted by Crippen LogP contribution is 2.28. The Labute approximate surface area is 115 Å². The van der Waals surface area contributed by atoms with Crippen molar-refractivity contribution < 1.29 is 4.42 Å². The Hall–Kier alpha value is -0.410. The smallest absolute Gasteiger partial charge is 0.118 e. The van der Waals surface area contributed by atoms with Gasteiger partial charge in [0.05, 0.1) is 12.3 Å². The first-order chi connectivity index (χ1) is 8.69. The molecule has 1 heterocycles. The summed E-state index contributed by atoms with van der Waals surface area (Å²) in [5.41, 5.74) is 0. The van der Waals surface area contributed by atoms with E-state index in [9.17, 15) is 0 Å². The molecule has 1 fully saturated rings. The molecule has 0 amide bonds. The maximum Gasteiger partial charge on any atom is 0.118 e. The first kappa shape index (κ1) is 14.0. The first-order valence-electron chi connectivity index (χ1n) is 6.99. The molecule has 0 aromatic carbocycles. The second-order valence-electron chi connectivity index (χ2n) is 5.68. The molecule has 18 heavy (non-hydrogen) atoms. The molecule has 2 rings (SSSR count). The Bertz CT molecular complexity index is 363. The number of hydrogen-bond donors (Lipinski definition) is 1. The van der Waals surface area contributed by atoms with E-state index in [1.54, 1.807) is 11.8 Å². The SMILES string of the molecule is CSCc1ccc(CNC2CCC(C)CC2C)o1. The topological polar surface area (TPSA) is 25.2 Å². The molecule has 1 aromatic heterocycles. The molecule has 3 unspecified atom stereocenters. The lowest BCUT2D eigenvalue weighted by Gasteiger charge is -2.33. The summed E-state index contributed by atoms with van der Waals surface area (Å²) in [6.07, 6.45) is 6.12. The van der Waals surface area contributed by atoms with Crippen molar-refractivity contribution in [2.45, 2.75) is 51.4 Å². The van der Waals surface area contributed by atoms with Gasteiger partial charge in [-0.15, -0.1) is 0 Å². The minimum Gasteiger partial charge on any atom is -0.464 e. The summed E-state index contributed by atoms with van der Waals surface area (Å²) < 4.78 is 5.79. The van der Waals surface area contributed by atoms with E-state index in [1.165, 1.54) is 19.3 Å². The fourth-order valence-electron chi connectivity index (χ4n) is 2.94. The third kappa shape index (κ3) is 3.79. The van der Waals surface area contributed by atoms with E-state index in [0.717, 1.165) is 35.7 Å². The van der Waals surface area contributed by atoms with Crippen LogP contribution in [0.1, 0.15) is 44.6 Å². The number of furan rings is 1. The molecule has 3 heteroatoms. The summed E-state index contributed by atoms with van der Waals surface area (Å²) in [6, 6.07) is 4.87. The van der Waals surface area contributed by atoms with E-state index in [1.807, 2.05) is 0 Å². The Morgan fingerprint density at radius 1 is 1.28 bits per heavy atom. The molecule has 1 N–H and O–H groups in total. The number of nitrogens with one attached hydrogen (secondary N) is 1. The fourth-order valence-corrected chi connectivity index (χ4v) is 3.38. The summed E-state index contributed by atoms with van der Waals surface area (Å²) in [7, 11) is 0. The second kappa shape index (κ2) is 6.67. The van der Waals surface area contributed by atoms with Crippen molar-refractivity contribution in [1.29, 1.82) is 0 Å². The van der Waals surface area contributed by atoms with Crippen LogP contribution in [0.2, 0.25) is 0 Å². The summed E-state index contributed by atoms with van der Waals surface area (Å²) in [6.45, 7) is 5.61. The van der Waals surface area contributed by atoms with Crippen LogP contribution in [0.3, 0.4) is 0 Å². The third-order valence-corrected chi connectivity index (χ3v) is 4.55. The van der Waals surface area contributed by atoms with Crippen molar-refractivity contribution in [2.75, 3.05) is 6.26 Å². The van der Waals surface area contributed by atoms with Crippen LogP contribution >= 0.6 is 11.8 Å². The van der Waals surface area contributed by atoms with Crippen LogP contribution in [0.25, 0.3) is 0 Å². The van der Waals surface area contributed by atoms with E-state index in [-0.39, 0.29) is 0 Å². The average molecular weight is 267 g/mol. The first-order valence-corrected chi connectivity index (χ1v) is 8.38. The molecular weight excluding hydrogens is 242 g/mol. The molecule has 1 aromatic rings. The van der Waals surface area contributed by atoms with Crippen molar-refractivity contribution in [3.8, 4) is 0 Å². The van der Waals surface area contributed by atoms with Crippen molar-refractivity contribution in [1.82, 2.24) is 5.32 Å². The van der Waals surface area contributed by atoms with Gasteiger partial charge in [0.15, 0.2) is 0 Å². The second-order valence-corrected chi connectivity index (χ2v) is 6.55. The van der Waals surface area contributed by atoms with Crippen LogP contribution in [0, 0.1) is 11.8 Å². The monoisotopic (exact) mass is 267 g/mol. The van der Waals surface area contributed by atoms with E-state index in [2.05, 4.69) is 37.6 Å². The molecule has 0 spiro atoms. The molecule has 1 aliphatic rings. The third-order valence-electron chi connectivity index (χ3n) is 3.97. The number of rotatable bonds is 5. The van der Waals surface area contributed by atoms with Crippen LogP contribution in [-0.4, -0.2) is 12.3 Å². The van der Waals surface area contributed by atoms with Gasteiger partial charge in [0.2, 0.25) is 0 Å². The zero-order valence-electron chi connectivity index (χ0n) is 11.7. The highest BCUT2D eigenvalue weighted by molar-refractivity contribution is 7.97. The molecule has 102 valence electrons. The predicted molar refractivity (Wildman–Crippen MR) is 78.7 cm³/mol. The Morgan fingerprint density at radius 2 is 2.06 bits per heavy atom. The Morgan fingerprint density at radius 3 is 2.78 bits per heavy atom.